The van der Waals surface area contributed by atoms with Crippen molar-refractivity contribution in [2.24, 2.45) is 0 Å². The van der Waals surface area contributed by atoms with Crippen molar-refractivity contribution < 1.29 is 4.79 Å². The molecule has 0 unspecified atom stereocenters. The first-order valence-electron chi connectivity index (χ1n) is 7.57. The third-order valence-corrected chi connectivity index (χ3v) is 4.66. The van der Waals surface area contributed by atoms with Crippen LogP contribution in [0, 0.1) is 6.92 Å². The predicted molar refractivity (Wildman–Crippen MR) is 95.8 cm³/mol. The Morgan fingerprint density at radius 1 is 1.22 bits per heavy atom. The molecule has 0 aliphatic rings. The molecule has 0 radical (unpaired) electrons. The van der Waals surface area contributed by atoms with E-state index >= 15 is 0 Å². The largest absolute Gasteiger partial charge is 0.351 e. The summed E-state index contributed by atoms with van der Waals surface area (Å²) in [7, 11) is 0. The second kappa shape index (κ2) is 7.33. The average molecular weight is 325 g/mol. The molecule has 0 spiro atoms. The number of fused-ring (bicyclic) bond motifs is 1. The summed E-state index contributed by atoms with van der Waals surface area (Å²) >= 11 is 1.82. The van der Waals surface area contributed by atoms with Gasteiger partial charge >= 0.3 is 0 Å². The molecule has 0 fully saturated rings. The molecule has 1 heterocycles. The number of aryl methyl sites for hydroxylation is 1. The fourth-order valence-corrected chi connectivity index (χ4v) is 3.11. The number of hydrogen-bond acceptors (Lipinski definition) is 3. The number of nitrogens with zero attached hydrogens (tertiary/aromatic N) is 1. The second-order valence-electron chi connectivity index (χ2n) is 5.47. The molecule has 3 rings (SSSR count). The zero-order chi connectivity index (χ0) is 16.1. The minimum atomic E-state index is -0.0440. The number of aromatic amines is 1. The highest BCUT2D eigenvalue weighted by atomic mass is 32.2. The van der Waals surface area contributed by atoms with Gasteiger partial charge in [0.05, 0.1) is 11.7 Å². The SMILES string of the molecule is Cc1ccc(CSCCNC(=O)c2ccc3cn[nH]c3c2)cc1. The molecule has 4 nitrogen and oxygen atoms in total. The van der Waals surface area contributed by atoms with E-state index < -0.39 is 0 Å². The Labute approximate surface area is 139 Å². The smallest absolute Gasteiger partial charge is 0.251 e. The summed E-state index contributed by atoms with van der Waals surface area (Å²) in [5.74, 6) is 1.82. The van der Waals surface area contributed by atoms with Gasteiger partial charge in [-0.3, -0.25) is 9.89 Å². The van der Waals surface area contributed by atoms with Crippen molar-refractivity contribution in [1.29, 1.82) is 0 Å². The summed E-state index contributed by atoms with van der Waals surface area (Å²) in [5.41, 5.74) is 4.13. The van der Waals surface area contributed by atoms with Crippen molar-refractivity contribution in [3.8, 4) is 0 Å². The number of aromatic nitrogens is 2. The third-order valence-electron chi connectivity index (χ3n) is 3.63. The minimum absolute atomic E-state index is 0.0440. The van der Waals surface area contributed by atoms with E-state index in [9.17, 15) is 4.79 Å². The molecule has 2 aromatic carbocycles. The lowest BCUT2D eigenvalue weighted by Gasteiger charge is -2.06. The maximum absolute atomic E-state index is 12.1. The van der Waals surface area contributed by atoms with Gasteiger partial charge in [0.2, 0.25) is 0 Å². The standard InChI is InChI=1S/C18H19N3OS/c1-13-2-4-14(5-3-13)12-23-9-8-19-18(22)15-6-7-16-11-20-21-17(16)10-15/h2-7,10-11H,8-9,12H2,1H3,(H,19,22)(H,20,21). The third kappa shape index (κ3) is 4.13. The lowest BCUT2D eigenvalue weighted by molar-refractivity contribution is 0.0956. The van der Waals surface area contributed by atoms with Crippen molar-refractivity contribution in [2.75, 3.05) is 12.3 Å². The highest BCUT2D eigenvalue weighted by Crippen LogP contribution is 2.14. The van der Waals surface area contributed by atoms with Gasteiger partial charge in [0.15, 0.2) is 0 Å². The number of carbonyl (C=O) groups is 1. The summed E-state index contributed by atoms with van der Waals surface area (Å²) in [6.45, 7) is 2.75. The molecular weight excluding hydrogens is 306 g/mol. The molecule has 0 saturated carbocycles. The number of carbonyl (C=O) groups excluding carboxylic acids is 1. The molecule has 0 aliphatic heterocycles. The van der Waals surface area contributed by atoms with Gasteiger partial charge in [0.25, 0.3) is 5.91 Å². The Bertz CT molecular complexity index is 795. The van der Waals surface area contributed by atoms with Crippen LogP contribution < -0.4 is 5.32 Å². The van der Waals surface area contributed by atoms with Crippen LogP contribution in [0.3, 0.4) is 0 Å². The number of thioether (sulfide) groups is 1. The topological polar surface area (TPSA) is 57.8 Å². The fraction of sp³-hybridized carbons (Fsp3) is 0.222. The van der Waals surface area contributed by atoms with Gasteiger partial charge in [0.1, 0.15) is 0 Å². The molecule has 0 saturated heterocycles. The lowest BCUT2D eigenvalue weighted by Crippen LogP contribution is -2.25. The van der Waals surface area contributed by atoms with Crippen LogP contribution >= 0.6 is 11.8 Å². The maximum atomic E-state index is 12.1. The first kappa shape index (κ1) is 15.6. The normalized spacial score (nSPS) is 10.8. The minimum Gasteiger partial charge on any atom is -0.351 e. The fourth-order valence-electron chi connectivity index (χ4n) is 2.29. The van der Waals surface area contributed by atoms with E-state index in [2.05, 4.69) is 46.7 Å². The van der Waals surface area contributed by atoms with E-state index in [0.717, 1.165) is 22.4 Å². The first-order chi connectivity index (χ1) is 11.2. The van der Waals surface area contributed by atoms with Crippen LogP contribution in [0.15, 0.2) is 48.7 Å². The summed E-state index contributed by atoms with van der Waals surface area (Å²) in [6.07, 6.45) is 1.75. The molecule has 0 bridgehead atoms. The highest BCUT2D eigenvalue weighted by Gasteiger charge is 2.06. The van der Waals surface area contributed by atoms with Gasteiger partial charge < -0.3 is 5.32 Å². The van der Waals surface area contributed by atoms with Crippen molar-refractivity contribution in [3.63, 3.8) is 0 Å². The monoisotopic (exact) mass is 325 g/mol. The average Bonchev–Trinajstić information content (AvgIpc) is 3.03. The predicted octanol–water partition coefficient (Wildman–Crippen LogP) is 3.53. The van der Waals surface area contributed by atoms with Crippen LogP contribution in [0.5, 0.6) is 0 Å². The van der Waals surface area contributed by atoms with Crippen molar-refractivity contribution in [3.05, 3.63) is 65.4 Å². The lowest BCUT2D eigenvalue weighted by atomic mass is 10.1. The molecule has 5 heteroatoms. The molecule has 118 valence electrons. The van der Waals surface area contributed by atoms with Gasteiger partial charge in [-0.1, -0.05) is 35.9 Å². The van der Waals surface area contributed by atoms with E-state index in [0.29, 0.717) is 12.1 Å². The molecule has 3 aromatic rings. The van der Waals surface area contributed by atoms with E-state index in [1.54, 1.807) is 6.20 Å². The van der Waals surface area contributed by atoms with Gasteiger partial charge in [-0.05, 0) is 24.6 Å². The number of rotatable bonds is 6. The summed E-state index contributed by atoms with van der Waals surface area (Å²) in [5, 5.41) is 10.8. The number of amides is 1. The Morgan fingerprint density at radius 3 is 2.87 bits per heavy atom. The summed E-state index contributed by atoms with van der Waals surface area (Å²) in [4.78, 5) is 12.1. The van der Waals surface area contributed by atoms with Crippen LogP contribution in [-0.2, 0) is 5.75 Å². The van der Waals surface area contributed by atoms with E-state index in [-0.39, 0.29) is 5.91 Å². The van der Waals surface area contributed by atoms with E-state index in [1.807, 2.05) is 30.0 Å². The van der Waals surface area contributed by atoms with Crippen LogP contribution in [0.1, 0.15) is 21.5 Å². The Morgan fingerprint density at radius 2 is 2.04 bits per heavy atom. The van der Waals surface area contributed by atoms with Gasteiger partial charge in [-0.25, -0.2) is 0 Å². The van der Waals surface area contributed by atoms with Crippen molar-refractivity contribution in [1.82, 2.24) is 15.5 Å². The maximum Gasteiger partial charge on any atom is 0.251 e. The number of benzene rings is 2. The highest BCUT2D eigenvalue weighted by molar-refractivity contribution is 7.98. The van der Waals surface area contributed by atoms with E-state index in [4.69, 9.17) is 0 Å². The summed E-state index contributed by atoms with van der Waals surface area (Å²) < 4.78 is 0. The summed E-state index contributed by atoms with van der Waals surface area (Å²) in [6, 6.07) is 14.1. The van der Waals surface area contributed by atoms with Crippen molar-refractivity contribution >= 4 is 28.6 Å². The molecule has 1 amide bonds. The molecule has 0 atom stereocenters. The second-order valence-corrected chi connectivity index (χ2v) is 6.57. The van der Waals surface area contributed by atoms with Gasteiger partial charge in [0, 0.05) is 29.0 Å². The Hall–Kier alpha value is -2.27. The quantitative estimate of drug-likeness (QED) is 0.682. The number of hydrogen-bond donors (Lipinski definition) is 2. The van der Waals surface area contributed by atoms with Crippen LogP contribution in [-0.4, -0.2) is 28.4 Å². The van der Waals surface area contributed by atoms with Crippen LogP contribution in [0.4, 0.5) is 0 Å². The Kier molecular flexibility index (Phi) is 4.98. The molecule has 2 N–H and O–H groups in total. The number of nitrogens with one attached hydrogen (secondary N) is 2. The van der Waals surface area contributed by atoms with Crippen molar-refractivity contribution in [2.45, 2.75) is 12.7 Å². The molecule has 0 aliphatic carbocycles. The first-order valence-corrected chi connectivity index (χ1v) is 8.72. The van der Waals surface area contributed by atoms with E-state index in [1.165, 1.54) is 11.1 Å². The number of H-pyrrole nitrogens is 1. The zero-order valence-electron chi connectivity index (χ0n) is 13.0. The molecule has 23 heavy (non-hydrogen) atoms. The Balaban J connectivity index is 1.43. The van der Waals surface area contributed by atoms with Crippen LogP contribution in [0.2, 0.25) is 0 Å². The van der Waals surface area contributed by atoms with Gasteiger partial charge in [-0.15, -0.1) is 0 Å². The molecule has 1 aromatic heterocycles. The van der Waals surface area contributed by atoms with Gasteiger partial charge in [-0.2, -0.15) is 16.9 Å². The molecular formula is C18H19N3OS. The van der Waals surface area contributed by atoms with Crippen LogP contribution in [0.25, 0.3) is 10.9 Å². The zero-order valence-corrected chi connectivity index (χ0v) is 13.8.